The summed E-state index contributed by atoms with van der Waals surface area (Å²) < 4.78 is 0. The molecule has 4 aliphatic rings. The molecule has 128 valence electrons. The molecule has 3 heteroatoms. The van der Waals surface area contributed by atoms with Crippen LogP contribution in [0.15, 0.2) is 0 Å². The number of carboxylic acid groups (broad SMARTS) is 1. The standard InChI is InChI=1S/C20H30O3/c1-18(12-21)7-3-8-19(2)15(18)6-9-20-10-13(4-5-16(19)20)14(11-20)17(22)23/h12-16H,3-11H2,1-2H3,(H,22,23)/t13?,14?,15-,16?,18?,19?,20?/m1/s1. The van der Waals surface area contributed by atoms with E-state index < -0.39 is 5.97 Å². The van der Waals surface area contributed by atoms with Gasteiger partial charge in [-0.1, -0.05) is 20.3 Å². The zero-order chi connectivity index (χ0) is 16.5. The van der Waals surface area contributed by atoms with Crippen LogP contribution in [0.1, 0.15) is 71.6 Å². The zero-order valence-corrected chi connectivity index (χ0v) is 14.5. The summed E-state index contributed by atoms with van der Waals surface area (Å²) in [4.78, 5) is 23.5. The highest BCUT2D eigenvalue weighted by Crippen LogP contribution is 2.72. The highest BCUT2D eigenvalue weighted by atomic mass is 16.4. The van der Waals surface area contributed by atoms with Crippen molar-refractivity contribution in [1.82, 2.24) is 0 Å². The Bertz CT molecular complexity index is 543. The molecule has 6 unspecified atom stereocenters. The molecule has 2 bridgehead atoms. The van der Waals surface area contributed by atoms with Gasteiger partial charge in [0.05, 0.1) is 5.92 Å². The first-order valence-electron chi connectivity index (χ1n) is 9.54. The van der Waals surface area contributed by atoms with Crippen LogP contribution in [0.5, 0.6) is 0 Å². The Morgan fingerprint density at radius 2 is 1.83 bits per heavy atom. The minimum absolute atomic E-state index is 0.110. The van der Waals surface area contributed by atoms with Gasteiger partial charge in [0.25, 0.3) is 0 Å². The normalized spacial score (nSPS) is 54.9. The molecular weight excluding hydrogens is 288 g/mol. The first-order valence-corrected chi connectivity index (χ1v) is 9.54. The maximum atomic E-state index is 11.9. The molecule has 0 heterocycles. The first-order chi connectivity index (χ1) is 10.8. The topological polar surface area (TPSA) is 54.4 Å². The van der Waals surface area contributed by atoms with Crippen LogP contribution in [0.25, 0.3) is 0 Å². The molecule has 4 rings (SSSR count). The number of fused-ring (bicyclic) bond motifs is 3. The lowest BCUT2D eigenvalue weighted by Crippen LogP contribution is -2.56. The van der Waals surface area contributed by atoms with Gasteiger partial charge in [-0.2, -0.15) is 0 Å². The van der Waals surface area contributed by atoms with Gasteiger partial charge in [-0.15, -0.1) is 0 Å². The van der Waals surface area contributed by atoms with E-state index in [1.165, 1.54) is 19.1 Å². The van der Waals surface area contributed by atoms with Crippen molar-refractivity contribution in [3.05, 3.63) is 0 Å². The predicted octanol–water partition coefficient (Wildman–Crippen LogP) is 4.30. The van der Waals surface area contributed by atoms with Crippen molar-refractivity contribution in [1.29, 1.82) is 0 Å². The van der Waals surface area contributed by atoms with E-state index in [0.29, 0.717) is 17.8 Å². The van der Waals surface area contributed by atoms with Crippen LogP contribution in [-0.4, -0.2) is 17.4 Å². The van der Waals surface area contributed by atoms with Gasteiger partial charge in [-0.3, -0.25) is 4.79 Å². The van der Waals surface area contributed by atoms with Gasteiger partial charge in [0.1, 0.15) is 6.29 Å². The van der Waals surface area contributed by atoms with Gasteiger partial charge in [0, 0.05) is 5.41 Å². The Hall–Kier alpha value is -0.860. The zero-order valence-electron chi connectivity index (χ0n) is 14.5. The molecule has 0 aromatic heterocycles. The number of aldehydes is 1. The van der Waals surface area contributed by atoms with Crippen molar-refractivity contribution < 1.29 is 14.7 Å². The van der Waals surface area contributed by atoms with E-state index in [4.69, 9.17) is 0 Å². The molecule has 0 radical (unpaired) electrons. The van der Waals surface area contributed by atoms with Crippen molar-refractivity contribution in [2.24, 2.45) is 39.9 Å². The number of carboxylic acids is 1. The third kappa shape index (κ3) is 1.94. The first kappa shape index (κ1) is 15.7. The SMILES string of the molecule is CC1(C=O)CCCC2(C)C3CCC4CC3(CC[C@H]12)CC4C(=O)O. The van der Waals surface area contributed by atoms with Crippen LogP contribution in [0, 0.1) is 39.9 Å². The van der Waals surface area contributed by atoms with E-state index in [0.717, 1.165) is 44.9 Å². The second kappa shape index (κ2) is 4.83. The second-order valence-electron chi connectivity index (χ2n) is 9.68. The van der Waals surface area contributed by atoms with Crippen LogP contribution in [0.2, 0.25) is 0 Å². The van der Waals surface area contributed by atoms with Crippen LogP contribution in [0.3, 0.4) is 0 Å². The summed E-state index contributed by atoms with van der Waals surface area (Å²) in [5.41, 5.74) is 0.346. The fourth-order valence-electron chi connectivity index (χ4n) is 7.92. The lowest BCUT2D eigenvalue weighted by atomic mass is 9.41. The molecule has 7 atom stereocenters. The molecule has 4 saturated carbocycles. The van der Waals surface area contributed by atoms with Crippen molar-refractivity contribution in [3.63, 3.8) is 0 Å². The molecule has 23 heavy (non-hydrogen) atoms. The molecule has 3 nitrogen and oxygen atoms in total. The van der Waals surface area contributed by atoms with Gasteiger partial charge in [-0.05, 0) is 80.0 Å². The maximum absolute atomic E-state index is 11.9. The fraction of sp³-hybridized carbons (Fsp3) is 0.900. The molecule has 1 spiro atoms. The van der Waals surface area contributed by atoms with Gasteiger partial charge < -0.3 is 9.90 Å². The summed E-state index contributed by atoms with van der Waals surface area (Å²) in [7, 11) is 0. The van der Waals surface area contributed by atoms with Crippen LogP contribution in [-0.2, 0) is 9.59 Å². The third-order valence-corrected chi connectivity index (χ3v) is 8.77. The summed E-state index contributed by atoms with van der Waals surface area (Å²) in [5.74, 6) is 0.860. The molecule has 4 fully saturated rings. The number of carbonyl (C=O) groups excluding carboxylic acids is 1. The average Bonchev–Trinajstić information content (AvgIpc) is 2.78. The number of aliphatic carboxylic acids is 1. The third-order valence-electron chi connectivity index (χ3n) is 8.77. The molecule has 1 N–H and O–H groups in total. The molecular formula is C20H30O3. The monoisotopic (exact) mass is 318 g/mol. The summed E-state index contributed by atoms with van der Waals surface area (Å²) in [6.45, 7) is 4.62. The van der Waals surface area contributed by atoms with Crippen LogP contribution < -0.4 is 0 Å². The van der Waals surface area contributed by atoms with E-state index in [1.54, 1.807) is 0 Å². The number of hydrogen-bond acceptors (Lipinski definition) is 2. The minimum Gasteiger partial charge on any atom is -0.481 e. The van der Waals surface area contributed by atoms with E-state index in [2.05, 4.69) is 13.8 Å². The Morgan fingerprint density at radius 1 is 1.04 bits per heavy atom. The lowest BCUT2D eigenvalue weighted by Gasteiger charge is -2.63. The number of carbonyl (C=O) groups is 2. The largest absolute Gasteiger partial charge is 0.481 e. The van der Waals surface area contributed by atoms with E-state index in [1.807, 2.05) is 0 Å². The highest BCUT2D eigenvalue weighted by molar-refractivity contribution is 5.71. The Labute approximate surface area is 139 Å². The molecule has 0 aromatic rings. The molecule has 4 aliphatic carbocycles. The Balaban J connectivity index is 1.71. The second-order valence-corrected chi connectivity index (χ2v) is 9.68. The Morgan fingerprint density at radius 3 is 2.52 bits per heavy atom. The molecule has 0 aromatic carbocycles. The summed E-state index contributed by atoms with van der Waals surface area (Å²) in [6.07, 6.45) is 11.3. The number of rotatable bonds is 2. The summed E-state index contributed by atoms with van der Waals surface area (Å²) in [5, 5.41) is 9.62. The Kier molecular flexibility index (Phi) is 3.29. The van der Waals surface area contributed by atoms with Crippen LogP contribution in [0.4, 0.5) is 0 Å². The smallest absolute Gasteiger partial charge is 0.306 e. The van der Waals surface area contributed by atoms with E-state index in [-0.39, 0.29) is 22.2 Å². The van der Waals surface area contributed by atoms with Gasteiger partial charge in [0.2, 0.25) is 0 Å². The molecule has 0 saturated heterocycles. The minimum atomic E-state index is -0.568. The van der Waals surface area contributed by atoms with Crippen molar-refractivity contribution in [2.75, 3.05) is 0 Å². The van der Waals surface area contributed by atoms with E-state index in [9.17, 15) is 14.7 Å². The highest BCUT2D eigenvalue weighted by Gasteiger charge is 2.65. The van der Waals surface area contributed by atoms with E-state index >= 15 is 0 Å². The maximum Gasteiger partial charge on any atom is 0.306 e. The lowest BCUT2D eigenvalue weighted by molar-refractivity contribution is -0.157. The van der Waals surface area contributed by atoms with Crippen LogP contribution >= 0.6 is 0 Å². The van der Waals surface area contributed by atoms with Crippen molar-refractivity contribution in [3.8, 4) is 0 Å². The summed E-state index contributed by atoms with van der Waals surface area (Å²) in [6, 6.07) is 0. The summed E-state index contributed by atoms with van der Waals surface area (Å²) >= 11 is 0. The number of hydrogen-bond donors (Lipinski definition) is 1. The van der Waals surface area contributed by atoms with Gasteiger partial charge in [-0.25, -0.2) is 0 Å². The van der Waals surface area contributed by atoms with Gasteiger partial charge >= 0.3 is 5.97 Å². The van der Waals surface area contributed by atoms with Crippen molar-refractivity contribution in [2.45, 2.75) is 71.6 Å². The average molecular weight is 318 g/mol. The molecule has 0 aliphatic heterocycles. The van der Waals surface area contributed by atoms with Gasteiger partial charge in [0.15, 0.2) is 0 Å². The molecule has 0 amide bonds. The predicted molar refractivity (Wildman–Crippen MR) is 87.9 cm³/mol. The fourth-order valence-corrected chi connectivity index (χ4v) is 7.92. The quantitative estimate of drug-likeness (QED) is 0.772. The van der Waals surface area contributed by atoms with Crippen molar-refractivity contribution >= 4 is 12.3 Å².